The molecule has 2 fully saturated rings. The van der Waals surface area contributed by atoms with Crippen molar-refractivity contribution in [3.63, 3.8) is 0 Å². The first kappa shape index (κ1) is 23.7. The first-order chi connectivity index (χ1) is 18.8. The molecule has 8 heteroatoms. The van der Waals surface area contributed by atoms with E-state index in [0.29, 0.717) is 23.5 Å². The smallest absolute Gasteiger partial charge is 0.250 e. The molecule has 7 rings (SSSR count). The van der Waals surface area contributed by atoms with E-state index in [4.69, 9.17) is 4.74 Å². The van der Waals surface area contributed by atoms with Gasteiger partial charge in [-0.1, -0.05) is 35.9 Å². The van der Waals surface area contributed by atoms with E-state index < -0.39 is 23.4 Å². The molecule has 2 saturated heterocycles. The molecular weight excluding hydrogens is 492 g/mol. The summed E-state index contributed by atoms with van der Waals surface area (Å²) in [6, 6.07) is 18.4. The highest BCUT2D eigenvalue weighted by Gasteiger charge is 2.70. The number of rotatable bonds is 4. The third-order valence-corrected chi connectivity index (χ3v) is 8.61. The minimum absolute atomic E-state index is 0.291. The van der Waals surface area contributed by atoms with E-state index in [9.17, 15) is 14.4 Å². The maximum absolute atomic E-state index is 14.2. The fraction of sp³-hybridized carbons (Fsp3) is 0.258. The van der Waals surface area contributed by atoms with Crippen molar-refractivity contribution in [3.8, 4) is 5.75 Å². The Balaban J connectivity index is 1.38. The molecule has 3 aliphatic rings. The van der Waals surface area contributed by atoms with Crippen LogP contribution < -0.4 is 20.3 Å². The van der Waals surface area contributed by atoms with E-state index in [1.165, 1.54) is 4.90 Å². The number of carbonyl (C=O) groups excluding carboxylic acids is 3. The third-order valence-electron chi connectivity index (χ3n) is 8.61. The van der Waals surface area contributed by atoms with Crippen LogP contribution in [-0.2, 0) is 26.3 Å². The van der Waals surface area contributed by atoms with Crippen LogP contribution in [0.1, 0.15) is 22.3 Å². The zero-order chi connectivity index (χ0) is 27.1. The number of hydrogen-bond acceptors (Lipinski definition) is 5. The Morgan fingerprint density at radius 3 is 2.51 bits per heavy atom. The molecule has 8 nitrogen and oxygen atoms in total. The van der Waals surface area contributed by atoms with Crippen LogP contribution in [-0.4, -0.2) is 35.9 Å². The maximum atomic E-state index is 14.2. The molecule has 4 heterocycles. The Morgan fingerprint density at radius 1 is 0.974 bits per heavy atom. The number of aryl methyl sites for hydroxylation is 2. The minimum Gasteiger partial charge on any atom is -0.497 e. The molecule has 0 radical (unpaired) electrons. The van der Waals surface area contributed by atoms with E-state index in [-0.39, 0.29) is 17.7 Å². The first-order valence-electron chi connectivity index (χ1n) is 13.1. The van der Waals surface area contributed by atoms with Crippen molar-refractivity contribution in [2.75, 3.05) is 17.3 Å². The first-order valence-corrected chi connectivity index (χ1v) is 13.1. The molecule has 0 aliphatic carbocycles. The lowest BCUT2D eigenvalue weighted by atomic mass is 9.75. The zero-order valence-electron chi connectivity index (χ0n) is 21.9. The van der Waals surface area contributed by atoms with Crippen molar-refractivity contribution in [2.45, 2.75) is 31.8 Å². The highest BCUT2D eigenvalue weighted by molar-refractivity contribution is 6.26. The predicted octanol–water partition coefficient (Wildman–Crippen LogP) is 3.96. The van der Waals surface area contributed by atoms with Gasteiger partial charge in [0.15, 0.2) is 0 Å². The topological polar surface area (TPSA) is 104 Å². The zero-order valence-corrected chi connectivity index (χ0v) is 21.9. The van der Waals surface area contributed by atoms with Crippen LogP contribution in [0.15, 0.2) is 66.9 Å². The van der Waals surface area contributed by atoms with Gasteiger partial charge in [-0.3, -0.25) is 19.7 Å². The van der Waals surface area contributed by atoms with Crippen molar-refractivity contribution in [1.82, 2.24) is 10.3 Å². The standard InChI is InChI=1S/C31H28N4O4/c1-16-12-17(2)27-22(13-16)31(30(38)33-27)26-25(24(34-31)14-18-15-32-23-7-5-4-6-21(18)23)28(36)35(29(26)37)19-8-10-20(39-3)11-9-19/h4-13,15,24-26,32,34H,14H2,1-3H3,(H,33,38)/t24-,25-,26+,31+/m1/s1. The summed E-state index contributed by atoms with van der Waals surface area (Å²) in [6.07, 6.45) is 2.43. The number of nitrogens with zero attached hydrogens (tertiary/aromatic N) is 1. The largest absolute Gasteiger partial charge is 0.497 e. The van der Waals surface area contributed by atoms with Crippen LogP contribution >= 0.6 is 0 Å². The summed E-state index contributed by atoms with van der Waals surface area (Å²) in [4.78, 5) is 46.9. The Morgan fingerprint density at radius 2 is 1.74 bits per heavy atom. The Labute approximate surface area is 225 Å². The van der Waals surface area contributed by atoms with E-state index in [1.54, 1.807) is 31.4 Å². The molecule has 1 spiro atoms. The van der Waals surface area contributed by atoms with Crippen molar-refractivity contribution in [2.24, 2.45) is 11.8 Å². The summed E-state index contributed by atoms with van der Waals surface area (Å²) >= 11 is 0. The SMILES string of the molecule is COc1ccc(N2C(=O)[C@H]3[C@@H](C2=O)[C@]2(N[C@@H]3Cc3c[nH]c4ccccc34)C(=O)Nc3c(C)cc(C)cc32)cc1. The number of nitrogens with one attached hydrogen (secondary N) is 3. The lowest BCUT2D eigenvalue weighted by Gasteiger charge is -2.30. The number of H-pyrrole nitrogens is 1. The van der Waals surface area contributed by atoms with Gasteiger partial charge in [0.25, 0.3) is 0 Å². The molecular formula is C31H28N4O4. The molecule has 0 bridgehead atoms. The normalized spacial score (nSPS) is 25.5. The molecule has 0 unspecified atom stereocenters. The van der Waals surface area contributed by atoms with Crippen molar-refractivity contribution in [1.29, 1.82) is 0 Å². The van der Waals surface area contributed by atoms with E-state index in [0.717, 1.165) is 33.2 Å². The van der Waals surface area contributed by atoms with Gasteiger partial charge in [-0.25, -0.2) is 4.90 Å². The van der Waals surface area contributed by atoms with Crippen LogP contribution in [0.3, 0.4) is 0 Å². The lowest BCUT2D eigenvalue weighted by Crippen LogP contribution is -2.53. The summed E-state index contributed by atoms with van der Waals surface area (Å²) in [5.74, 6) is -1.93. The van der Waals surface area contributed by atoms with Gasteiger partial charge >= 0.3 is 0 Å². The monoisotopic (exact) mass is 520 g/mol. The summed E-state index contributed by atoms with van der Waals surface area (Å²) in [5.41, 5.74) is 4.53. The molecule has 3 aliphatic heterocycles. The number of benzene rings is 3. The predicted molar refractivity (Wildman–Crippen MR) is 148 cm³/mol. The summed E-state index contributed by atoms with van der Waals surface area (Å²) < 4.78 is 5.27. The number of aromatic nitrogens is 1. The summed E-state index contributed by atoms with van der Waals surface area (Å²) in [7, 11) is 1.57. The van der Waals surface area contributed by atoms with E-state index in [2.05, 4.69) is 15.6 Å². The van der Waals surface area contributed by atoms with Crippen molar-refractivity contribution < 1.29 is 19.1 Å². The van der Waals surface area contributed by atoms with Gasteiger partial charge in [-0.2, -0.15) is 0 Å². The van der Waals surface area contributed by atoms with Gasteiger partial charge in [0.1, 0.15) is 11.3 Å². The van der Waals surface area contributed by atoms with E-state index >= 15 is 0 Å². The second-order valence-electron chi connectivity index (χ2n) is 10.8. The number of anilines is 2. The maximum Gasteiger partial charge on any atom is 0.250 e. The highest BCUT2D eigenvalue weighted by Crippen LogP contribution is 2.54. The molecule has 196 valence electrons. The number of imide groups is 1. The van der Waals surface area contributed by atoms with Gasteiger partial charge in [0.2, 0.25) is 17.7 Å². The Hall–Kier alpha value is -4.43. The average Bonchev–Trinajstić information content (AvgIpc) is 3.64. The number of para-hydroxylation sites is 1. The molecule has 4 aromatic rings. The van der Waals surface area contributed by atoms with Gasteiger partial charge in [0, 0.05) is 34.4 Å². The van der Waals surface area contributed by atoms with Crippen LogP contribution in [0.2, 0.25) is 0 Å². The molecule has 0 saturated carbocycles. The number of amides is 3. The molecule has 3 aromatic carbocycles. The number of aromatic amines is 1. The molecule has 3 amide bonds. The number of ether oxygens (including phenoxy) is 1. The lowest BCUT2D eigenvalue weighted by molar-refractivity contribution is -0.130. The highest BCUT2D eigenvalue weighted by atomic mass is 16.5. The van der Waals surface area contributed by atoms with E-state index in [1.807, 2.05) is 56.4 Å². The number of methoxy groups -OCH3 is 1. The van der Waals surface area contributed by atoms with Gasteiger partial charge in [-0.15, -0.1) is 0 Å². The van der Waals surface area contributed by atoms with Gasteiger partial charge in [0.05, 0.1) is 24.6 Å². The molecule has 4 atom stereocenters. The third kappa shape index (κ3) is 3.18. The second kappa shape index (κ2) is 8.28. The quantitative estimate of drug-likeness (QED) is 0.354. The van der Waals surface area contributed by atoms with Crippen LogP contribution in [0.5, 0.6) is 5.75 Å². The van der Waals surface area contributed by atoms with Gasteiger partial charge < -0.3 is 15.0 Å². The number of hydrogen-bond donors (Lipinski definition) is 3. The van der Waals surface area contributed by atoms with Crippen molar-refractivity contribution in [3.05, 3.63) is 89.1 Å². The Bertz CT molecular complexity index is 1690. The average molecular weight is 521 g/mol. The van der Waals surface area contributed by atoms with Crippen molar-refractivity contribution >= 4 is 40.0 Å². The minimum atomic E-state index is -1.35. The molecule has 3 N–H and O–H groups in total. The molecule has 39 heavy (non-hydrogen) atoms. The Kier molecular flexibility index (Phi) is 5.03. The summed E-state index contributed by atoms with van der Waals surface area (Å²) in [6.45, 7) is 3.93. The van der Waals surface area contributed by atoms with Crippen LogP contribution in [0, 0.1) is 25.7 Å². The number of fused-ring (bicyclic) bond motifs is 5. The summed E-state index contributed by atoms with van der Waals surface area (Å²) in [5, 5.41) is 7.67. The van der Waals surface area contributed by atoms with Gasteiger partial charge in [-0.05, 0) is 61.7 Å². The number of carbonyl (C=O) groups is 3. The second-order valence-corrected chi connectivity index (χ2v) is 10.8. The van der Waals surface area contributed by atoms with Crippen LogP contribution in [0.25, 0.3) is 10.9 Å². The molecule has 1 aromatic heterocycles. The van der Waals surface area contributed by atoms with Crippen LogP contribution in [0.4, 0.5) is 11.4 Å². The fourth-order valence-electron chi connectivity index (χ4n) is 6.96. The fourth-order valence-corrected chi connectivity index (χ4v) is 6.96.